The maximum Gasteiger partial charge on any atom is 0.224 e. The summed E-state index contributed by atoms with van der Waals surface area (Å²) in [5, 5.41) is 6.36. The molecular formula is C20H24ClN3OS. The third kappa shape index (κ3) is 3.96. The lowest BCUT2D eigenvalue weighted by molar-refractivity contribution is -0.132. The van der Waals surface area contributed by atoms with Crippen LogP contribution in [0.1, 0.15) is 28.5 Å². The monoisotopic (exact) mass is 389 g/mol. The second kappa shape index (κ2) is 8.09. The van der Waals surface area contributed by atoms with Crippen LogP contribution in [-0.2, 0) is 17.8 Å². The van der Waals surface area contributed by atoms with E-state index in [1.54, 1.807) is 0 Å². The predicted molar refractivity (Wildman–Crippen MR) is 107 cm³/mol. The van der Waals surface area contributed by atoms with E-state index < -0.39 is 0 Å². The van der Waals surface area contributed by atoms with E-state index in [1.165, 1.54) is 16.0 Å². The van der Waals surface area contributed by atoms with Crippen molar-refractivity contribution >= 4 is 28.8 Å². The van der Waals surface area contributed by atoms with E-state index in [9.17, 15) is 4.79 Å². The number of benzene rings is 1. The van der Waals surface area contributed by atoms with E-state index in [0.717, 1.165) is 50.7 Å². The highest BCUT2D eigenvalue weighted by Crippen LogP contribution is 2.26. The molecule has 1 unspecified atom stereocenters. The molecule has 4 rings (SSSR count). The molecule has 26 heavy (non-hydrogen) atoms. The van der Waals surface area contributed by atoms with Crippen molar-refractivity contribution in [3.63, 3.8) is 0 Å². The van der Waals surface area contributed by atoms with Gasteiger partial charge in [0.2, 0.25) is 5.91 Å². The molecule has 2 aliphatic heterocycles. The number of amides is 1. The zero-order chi connectivity index (χ0) is 17.9. The molecule has 138 valence electrons. The zero-order valence-corrected chi connectivity index (χ0v) is 16.4. The topological polar surface area (TPSA) is 35.6 Å². The maximum atomic E-state index is 12.7. The average Bonchev–Trinajstić information content (AvgIpc) is 3.14. The molecule has 1 fully saturated rings. The summed E-state index contributed by atoms with van der Waals surface area (Å²) in [6.07, 6.45) is 1.58. The first-order chi connectivity index (χ1) is 12.7. The summed E-state index contributed by atoms with van der Waals surface area (Å²) in [6.45, 7) is 5.25. The smallest absolute Gasteiger partial charge is 0.224 e. The van der Waals surface area contributed by atoms with E-state index in [0.29, 0.717) is 6.42 Å². The van der Waals surface area contributed by atoms with Gasteiger partial charge in [-0.05, 0) is 41.1 Å². The van der Waals surface area contributed by atoms with Crippen LogP contribution in [0.25, 0.3) is 0 Å². The number of hydrogen-bond acceptors (Lipinski definition) is 4. The lowest BCUT2D eigenvalue weighted by Gasteiger charge is -2.37. The summed E-state index contributed by atoms with van der Waals surface area (Å²) in [6, 6.07) is 10.5. The van der Waals surface area contributed by atoms with Gasteiger partial charge < -0.3 is 10.2 Å². The van der Waals surface area contributed by atoms with Gasteiger partial charge in [-0.2, -0.15) is 0 Å². The normalized spacial score (nSPS) is 20.8. The Balaban J connectivity index is 1.37. The van der Waals surface area contributed by atoms with Crippen LogP contribution in [-0.4, -0.2) is 48.4 Å². The Morgan fingerprint density at radius 2 is 2.23 bits per heavy atom. The first-order valence-electron chi connectivity index (χ1n) is 9.24. The number of thiophene rings is 1. The maximum absolute atomic E-state index is 12.7. The minimum absolute atomic E-state index is 0.269. The molecule has 0 radical (unpaired) electrons. The molecule has 0 bridgehead atoms. The molecule has 2 aliphatic rings. The molecule has 4 nitrogen and oxygen atoms in total. The van der Waals surface area contributed by atoms with Crippen molar-refractivity contribution in [2.24, 2.45) is 0 Å². The number of nitrogens with one attached hydrogen (secondary N) is 1. The molecule has 0 aliphatic carbocycles. The fourth-order valence-electron chi connectivity index (χ4n) is 3.92. The van der Waals surface area contributed by atoms with Crippen LogP contribution in [0.15, 0.2) is 35.7 Å². The number of carbonyl (C=O) groups excluding carboxylic acids is 1. The van der Waals surface area contributed by atoms with Gasteiger partial charge in [-0.1, -0.05) is 23.7 Å². The van der Waals surface area contributed by atoms with Gasteiger partial charge in [0.15, 0.2) is 0 Å². The number of halogens is 1. The molecule has 1 aromatic heterocycles. The number of piperazine rings is 1. The highest BCUT2D eigenvalue weighted by molar-refractivity contribution is 7.10. The molecule has 3 heterocycles. The lowest BCUT2D eigenvalue weighted by atomic mass is 10.0. The first kappa shape index (κ1) is 18.0. The molecule has 6 heteroatoms. The average molecular weight is 390 g/mol. The van der Waals surface area contributed by atoms with E-state index in [1.807, 2.05) is 34.4 Å². The van der Waals surface area contributed by atoms with Crippen molar-refractivity contribution < 1.29 is 4.79 Å². The molecule has 1 aromatic carbocycles. The van der Waals surface area contributed by atoms with Gasteiger partial charge in [-0.25, -0.2) is 0 Å². The molecular weight excluding hydrogens is 366 g/mol. The minimum atomic E-state index is 0.269. The van der Waals surface area contributed by atoms with Crippen molar-refractivity contribution in [3.8, 4) is 0 Å². The minimum Gasteiger partial charge on any atom is -0.338 e. The summed E-state index contributed by atoms with van der Waals surface area (Å²) < 4.78 is 0. The third-order valence-electron chi connectivity index (χ3n) is 5.36. The number of nitrogens with zero attached hydrogens (tertiary/aromatic N) is 2. The van der Waals surface area contributed by atoms with Crippen LogP contribution in [0.3, 0.4) is 0 Å². The van der Waals surface area contributed by atoms with Gasteiger partial charge in [-0.3, -0.25) is 9.69 Å². The van der Waals surface area contributed by atoms with Gasteiger partial charge in [0.25, 0.3) is 0 Å². The zero-order valence-electron chi connectivity index (χ0n) is 14.8. The van der Waals surface area contributed by atoms with Crippen molar-refractivity contribution in [1.82, 2.24) is 15.1 Å². The van der Waals surface area contributed by atoms with Crippen LogP contribution in [0.4, 0.5) is 0 Å². The van der Waals surface area contributed by atoms with E-state index in [4.69, 9.17) is 11.6 Å². The Kier molecular flexibility index (Phi) is 5.60. The molecule has 1 atom stereocenters. The Labute approximate surface area is 163 Å². The Morgan fingerprint density at radius 1 is 1.31 bits per heavy atom. The van der Waals surface area contributed by atoms with Crippen molar-refractivity contribution in [3.05, 3.63) is 56.7 Å². The SMILES string of the molecule is O=C(CCN1CCNCC1c1cccc(Cl)c1)N1CCc2sccc2C1. The molecule has 0 saturated carbocycles. The summed E-state index contributed by atoms with van der Waals surface area (Å²) >= 11 is 7.98. The van der Waals surface area contributed by atoms with Crippen molar-refractivity contribution in [2.45, 2.75) is 25.4 Å². The van der Waals surface area contributed by atoms with Gasteiger partial charge in [0.05, 0.1) is 0 Å². The number of fused-ring (bicyclic) bond motifs is 1. The summed E-state index contributed by atoms with van der Waals surface area (Å²) in [5.74, 6) is 0.269. The second-order valence-corrected chi connectivity index (χ2v) is 8.43. The fraction of sp³-hybridized carbons (Fsp3) is 0.450. The lowest BCUT2D eigenvalue weighted by Crippen LogP contribution is -2.47. The number of rotatable bonds is 4. The van der Waals surface area contributed by atoms with Crippen molar-refractivity contribution in [1.29, 1.82) is 0 Å². The second-order valence-electron chi connectivity index (χ2n) is 7.00. The quantitative estimate of drug-likeness (QED) is 0.871. The molecule has 0 spiro atoms. The van der Waals surface area contributed by atoms with Gasteiger partial charge in [0.1, 0.15) is 0 Å². The number of hydrogen-bond donors (Lipinski definition) is 1. The van der Waals surface area contributed by atoms with Gasteiger partial charge in [0, 0.05) is 61.6 Å². The van der Waals surface area contributed by atoms with Crippen LogP contribution < -0.4 is 5.32 Å². The molecule has 1 N–H and O–H groups in total. The van der Waals surface area contributed by atoms with Gasteiger partial charge >= 0.3 is 0 Å². The van der Waals surface area contributed by atoms with Gasteiger partial charge in [-0.15, -0.1) is 11.3 Å². The summed E-state index contributed by atoms with van der Waals surface area (Å²) in [4.78, 5) is 18.6. The Bertz CT molecular complexity index is 778. The predicted octanol–water partition coefficient (Wildman–Crippen LogP) is 3.32. The summed E-state index contributed by atoms with van der Waals surface area (Å²) in [5.41, 5.74) is 2.55. The Morgan fingerprint density at radius 3 is 3.12 bits per heavy atom. The first-order valence-corrected chi connectivity index (χ1v) is 10.5. The highest BCUT2D eigenvalue weighted by atomic mass is 35.5. The highest BCUT2D eigenvalue weighted by Gasteiger charge is 2.26. The van der Waals surface area contributed by atoms with Crippen LogP contribution in [0, 0.1) is 0 Å². The third-order valence-corrected chi connectivity index (χ3v) is 6.62. The summed E-state index contributed by atoms with van der Waals surface area (Å²) in [7, 11) is 0. The molecule has 2 aromatic rings. The molecule has 1 saturated heterocycles. The van der Waals surface area contributed by atoms with Crippen LogP contribution in [0.5, 0.6) is 0 Å². The standard InChI is InChI=1S/C20H24ClN3OS/c21-17-3-1-2-15(12-17)18-13-22-7-10-23(18)9-5-20(25)24-8-4-19-16(14-24)6-11-26-19/h1-3,6,11-12,18,22H,4-5,7-10,13-14H2. The van der Waals surface area contributed by atoms with E-state index >= 15 is 0 Å². The van der Waals surface area contributed by atoms with E-state index in [2.05, 4.69) is 27.7 Å². The largest absolute Gasteiger partial charge is 0.338 e. The van der Waals surface area contributed by atoms with E-state index in [-0.39, 0.29) is 11.9 Å². The van der Waals surface area contributed by atoms with Crippen molar-refractivity contribution in [2.75, 3.05) is 32.7 Å². The van der Waals surface area contributed by atoms with Crippen LogP contribution in [0.2, 0.25) is 5.02 Å². The molecule has 1 amide bonds. The fourth-order valence-corrected chi connectivity index (χ4v) is 5.00. The number of carbonyl (C=O) groups is 1. The Hall–Kier alpha value is -1.40. The van der Waals surface area contributed by atoms with Crippen LogP contribution >= 0.6 is 22.9 Å².